The van der Waals surface area contributed by atoms with E-state index in [9.17, 15) is 0 Å². The van der Waals surface area contributed by atoms with Gasteiger partial charge in [-0.25, -0.2) is 4.99 Å². The van der Waals surface area contributed by atoms with Crippen LogP contribution in [0.5, 0.6) is 5.75 Å². The number of amidine groups is 1. The zero-order valence-corrected chi connectivity index (χ0v) is 14.6. The van der Waals surface area contributed by atoms with E-state index in [1.165, 1.54) is 12.1 Å². The van der Waals surface area contributed by atoms with Gasteiger partial charge in [0, 0.05) is 37.9 Å². The average Bonchev–Trinajstić information content (AvgIpc) is 2.97. The molecule has 4 rings (SSSR count). The van der Waals surface area contributed by atoms with Gasteiger partial charge in [-0.3, -0.25) is 0 Å². The monoisotopic (exact) mass is 336 g/mol. The van der Waals surface area contributed by atoms with Gasteiger partial charge in [-0.2, -0.15) is 0 Å². The molecule has 5 nitrogen and oxygen atoms in total. The number of nitrogens with zero attached hydrogens (tertiary/aromatic N) is 3. The summed E-state index contributed by atoms with van der Waals surface area (Å²) >= 11 is 0. The van der Waals surface area contributed by atoms with Crippen LogP contribution in [0.25, 0.3) is 5.70 Å². The molecule has 0 saturated carbocycles. The summed E-state index contributed by atoms with van der Waals surface area (Å²) in [7, 11) is 1.68. The van der Waals surface area contributed by atoms with Crippen molar-refractivity contribution < 1.29 is 4.74 Å². The van der Waals surface area contributed by atoms with Gasteiger partial charge in [0.1, 0.15) is 11.6 Å². The van der Waals surface area contributed by atoms with Crippen LogP contribution in [0.3, 0.4) is 0 Å². The highest BCUT2D eigenvalue weighted by Gasteiger charge is 2.19. The number of methoxy groups -OCH3 is 1. The Kier molecular flexibility index (Phi) is 4.57. The minimum absolute atomic E-state index is 0.847. The van der Waals surface area contributed by atoms with E-state index in [0.717, 1.165) is 55.6 Å². The molecule has 0 unspecified atom stereocenters. The van der Waals surface area contributed by atoms with Crippen molar-refractivity contribution in [2.45, 2.75) is 6.42 Å². The highest BCUT2D eigenvalue weighted by molar-refractivity contribution is 6.00. The van der Waals surface area contributed by atoms with Crippen LogP contribution in [0, 0.1) is 0 Å². The first-order valence-corrected chi connectivity index (χ1v) is 8.89. The Labute approximate surface area is 149 Å². The zero-order valence-electron chi connectivity index (χ0n) is 14.6. The summed E-state index contributed by atoms with van der Waals surface area (Å²) in [4.78, 5) is 9.51. The first-order chi connectivity index (χ1) is 12.3. The van der Waals surface area contributed by atoms with Crippen LogP contribution in [0.15, 0.2) is 59.4 Å². The molecule has 25 heavy (non-hydrogen) atoms. The molecule has 3 aliphatic heterocycles. The summed E-state index contributed by atoms with van der Waals surface area (Å²) in [5.41, 5.74) is 3.42. The number of fused-ring (bicyclic) bond motifs is 1. The molecule has 5 heteroatoms. The third-order valence-corrected chi connectivity index (χ3v) is 4.79. The van der Waals surface area contributed by atoms with E-state index in [0.29, 0.717) is 0 Å². The zero-order chi connectivity index (χ0) is 17.1. The van der Waals surface area contributed by atoms with Crippen LogP contribution in [0.1, 0.15) is 12.0 Å². The van der Waals surface area contributed by atoms with Crippen molar-refractivity contribution in [3.63, 3.8) is 0 Å². The molecule has 1 N–H and O–H groups in total. The van der Waals surface area contributed by atoms with E-state index in [1.54, 1.807) is 7.11 Å². The number of hydrogen-bond acceptors (Lipinski definition) is 5. The molecular weight excluding hydrogens is 312 g/mol. The lowest BCUT2D eigenvalue weighted by Gasteiger charge is -2.31. The summed E-state index contributed by atoms with van der Waals surface area (Å²) in [6, 6.07) is 8.07. The molecule has 0 atom stereocenters. The number of hydrogen-bond donors (Lipinski definition) is 1. The minimum atomic E-state index is 0.847. The molecule has 3 heterocycles. The Balaban J connectivity index is 1.50. The number of allylic oxidation sites excluding steroid dienone is 1. The second-order valence-corrected chi connectivity index (χ2v) is 6.42. The van der Waals surface area contributed by atoms with Gasteiger partial charge in [-0.1, -0.05) is 0 Å². The van der Waals surface area contributed by atoms with Crippen molar-refractivity contribution in [2.75, 3.05) is 39.8 Å². The van der Waals surface area contributed by atoms with E-state index in [-0.39, 0.29) is 0 Å². The van der Waals surface area contributed by atoms with Crippen LogP contribution in [0.4, 0.5) is 0 Å². The number of rotatable bonds is 3. The average molecular weight is 336 g/mol. The highest BCUT2D eigenvalue weighted by atomic mass is 16.5. The van der Waals surface area contributed by atoms with Crippen molar-refractivity contribution in [1.29, 1.82) is 0 Å². The first-order valence-electron chi connectivity index (χ1n) is 8.89. The smallest absolute Gasteiger partial charge is 0.133 e. The molecule has 1 aromatic carbocycles. The topological polar surface area (TPSA) is 40.1 Å². The van der Waals surface area contributed by atoms with Crippen molar-refractivity contribution in [1.82, 2.24) is 15.1 Å². The summed E-state index contributed by atoms with van der Waals surface area (Å²) in [5.74, 6) is 1.87. The molecule has 0 amide bonds. The molecule has 3 aliphatic rings. The number of aliphatic imine (C=N–C) groups is 1. The van der Waals surface area contributed by atoms with Crippen molar-refractivity contribution in [2.24, 2.45) is 4.99 Å². The molecule has 1 fully saturated rings. The normalized spacial score (nSPS) is 20.3. The van der Waals surface area contributed by atoms with Gasteiger partial charge in [0.25, 0.3) is 0 Å². The fourth-order valence-electron chi connectivity index (χ4n) is 3.36. The predicted octanol–water partition coefficient (Wildman–Crippen LogP) is 2.46. The molecule has 0 radical (unpaired) electrons. The van der Waals surface area contributed by atoms with Crippen LogP contribution in [-0.4, -0.2) is 55.5 Å². The third-order valence-electron chi connectivity index (χ3n) is 4.79. The predicted molar refractivity (Wildman–Crippen MR) is 101 cm³/mol. The molecule has 1 aromatic rings. The second kappa shape index (κ2) is 7.15. The fraction of sp³-hybridized carbons (Fsp3) is 0.350. The lowest BCUT2D eigenvalue weighted by molar-refractivity contribution is 0.369. The first kappa shape index (κ1) is 16.0. The van der Waals surface area contributed by atoms with Crippen LogP contribution in [-0.2, 0) is 0 Å². The maximum Gasteiger partial charge on any atom is 0.133 e. The van der Waals surface area contributed by atoms with Crippen LogP contribution < -0.4 is 10.1 Å². The van der Waals surface area contributed by atoms with Crippen molar-refractivity contribution in [3.05, 3.63) is 60.0 Å². The minimum Gasteiger partial charge on any atom is -0.497 e. The molecule has 130 valence electrons. The van der Waals surface area contributed by atoms with E-state index in [4.69, 9.17) is 9.73 Å². The molecular formula is C20H24N4O. The Hall–Kier alpha value is -2.53. The summed E-state index contributed by atoms with van der Waals surface area (Å²) < 4.78 is 5.23. The standard InChI is InChI=1S/C20H24N4O/c1-25-18-6-3-16(4-7-18)19-9-13-24-15-17(5-8-20(24)22-19)23-12-2-10-21-11-14-23/h3-9,15,21H,2,10-14H2,1H3. The van der Waals surface area contributed by atoms with Crippen LogP contribution in [0.2, 0.25) is 0 Å². The van der Waals surface area contributed by atoms with E-state index in [1.807, 2.05) is 12.1 Å². The Bertz CT molecular complexity index is 737. The number of nitrogens with one attached hydrogen (secondary N) is 1. The van der Waals surface area contributed by atoms with Gasteiger partial charge < -0.3 is 19.9 Å². The fourth-order valence-corrected chi connectivity index (χ4v) is 3.36. The largest absolute Gasteiger partial charge is 0.497 e. The van der Waals surface area contributed by atoms with Gasteiger partial charge in [-0.05, 0) is 55.5 Å². The lowest BCUT2D eigenvalue weighted by Crippen LogP contribution is -2.34. The third kappa shape index (κ3) is 3.46. The Morgan fingerprint density at radius 1 is 1.08 bits per heavy atom. The SMILES string of the molecule is COc1ccc(C2=CCN3C=C(N4CCCNCC4)C=CC3=N2)cc1. The Morgan fingerprint density at radius 3 is 2.80 bits per heavy atom. The Morgan fingerprint density at radius 2 is 1.96 bits per heavy atom. The van der Waals surface area contributed by atoms with E-state index < -0.39 is 0 Å². The summed E-state index contributed by atoms with van der Waals surface area (Å²) in [6.45, 7) is 5.17. The maximum atomic E-state index is 5.23. The van der Waals surface area contributed by atoms with Gasteiger partial charge in [0.05, 0.1) is 18.5 Å². The van der Waals surface area contributed by atoms with Gasteiger partial charge in [0.2, 0.25) is 0 Å². The van der Waals surface area contributed by atoms with Crippen LogP contribution >= 0.6 is 0 Å². The van der Waals surface area contributed by atoms with Gasteiger partial charge in [-0.15, -0.1) is 0 Å². The van der Waals surface area contributed by atoms with E-state index in [2.05, 4.69) is 51.7 Å². The summed E-state index contributed by atoms with van der Waals surface area (Å²) in [6.07, 6.45) is 9.92. The van der Waals surface area contributed by atoms with Crippen molar-refractivity contribution >= 4 is 11.5 Å². The molecule has 0 spiro atoms. The highest BCUT2D eigenvalue weighted by Crippen LogP contribution is 2.25. The number of ether oxygens (including phenoxy) is 1. The van der Waals surface area contributed by atoms with E-state index >= 15 is 0 Å². The maximum absolute atomic E-state index is 5.23. The molecule has 0 bridgehead atoms. The molecule has 1 saturated heterocycles. The van der Waals surface area contributed by atoms with Crippen molar-refractivity contribution in [3.8, 4) is 5.75 Å². The summed E-state index contributed by atoms with van der Waals surface area (Å²) in [5, 5.41) is 3.46. The second-order valence-electron chi connectivity index (χ2n) is 6.42. The number of benzene rings is 1. The van der Waals surface area contributed by atoms with Gasteiger partial charge in [0.15, 0.2) is 0 Å². The molecule has 0 aromatic heterocycles. The van der Waals surface area contributed by atoms with Gasteiger partial charge >= 0.3 is 0 Å². The molecule has 0 aliphatic carbocycles. The quantitative estimate of drug-likeness (QED) is 0.920. The lowest BCUT2D eigenvalue weighted by atomic mass is 10.1.